The average Bonchev–Trinajstić information content (AvgIpc) is 2.41. The van der Waals surface area contributed by atoms with Gasteiger partial charge in [-0.2, -0.15) is 0 Å². The van der Waals surface area contributed by atoms with E-state index in [2.05, 4.69) is 0 Å². The van der Waals surface area contributed by atoms with Gasteiger partial charge >= 0.3 is 0 Å². The molecule has 0 saturated carbocycles. The fraction of sp³-hybridized carbons (Fsp3) is 0.143. The third-order valence-electron chi connectivity index (χ3n) is 2.84. The highest BCUT2D eigenvalue weighted by Crippen LogP contribution is 2.28. The molecule has 0 radical (unpaired) electrons. The van der Waals surface area contributed by atoms with E-state index in [1.165, 1.54) is 12.1 Å². The van der Waals surface area contributed by atoms with E-state index < -0.39 is 23.7 Å². The van der Waals surface area contributed by atoms with Crippen molar-refractivity contribution in [3.8, 4) is 5.75 Å². The minimum Gasteiger partial charge on any atom is -0.505 e. The van der Waals surface area contributed by atoms with Crippen LogP contribution in [-0.4, -0.2) is 10.2 Å². The molecule has 3 nitrogen and oxygen atoms in total. The van der Waals surface area contributed by atoms with Gasteiger partial charge in [-0.1, -0.05) is 36.4 Å². The van der Waals surface area contributed by atoms with Crippen molar-refractivity contribution in [2.24, 2.45) is 5.73 Å². The van der Waals surface area contributed by atoms with Gasteiger partial charge in [0.05, 0.1) is 12.1 Å². The number of hydrogen-bond donors (Lipinski definition) is 3. The van der Waals surface area contributed by atoms with Crippen LogP contribution in [0.15, 0.2) is 48.5 Å². The number of aromatic hydroxyl groups is 1. The molecular weight excluding hydrogens is 233 g/mol. The summed E-state index contributed by atoms with van der Waals surface area (Å²) in [6.45, 7) is 0. The average molecular weight is 247 g/mol. The van der Waals surface area contributed by atoms with E-state index >= 15 is 0 Å². The van der Waals surface area contributed by atoms with Gasteiger partial charge in [-0.3, -0.25) is 0 Å². The first kappa shape index (κ1) is 12.5. The molecule has 18 heavy (non-hydrogen) atoms. The molecule has 2 unspecified atom stereocenters. The van der Waals surface area contributed by atoms with E-state index in [4.69, 9.17) is 10.8 Å². The van der Waals surface area contributed by atoms with Gasteiger partial charge in [-0.25, -0.2) is 4.39 Å². The lowest BCUT2D eigenvalue weighted by molar-refractivity contribution is 0.146. The van der Waals surface area contributed by atoms with Crippen LogP contribution in [0.25, 0.3) is 0 Å². The molecule has 4 N–H and O–H groups in total. The highest BCUT2D eigenvalue weighted by atomic mass is 19.1. The van der Waals surface area contributed by atoms with Gasteiger partial charge < -0.3 is 15.9 Å². The smallest absolute Gasteiger partial charge is 0.165 e. The van der Waals surface area contributed by atoms with E-state index in [1.807, 2.05) is 18.2 Å². The Morgan fingerprint density at radius 2 is 1.67 bits per heavy atom. The fourth-order valence-electron chi connectivity index (χ4n) is 1.77. The van der Waals surface area contributed by atoms with Crippen LogP contribution in [0.1, 0.15) is 23.3 Å². The number of nitrogens with two attached hydrogens (primary N) is 1. The molecule has 0 bridgehead atoms. The zero-order chi connectivity index (χ0) is 13.1. The normalized spacial score (nSPS) is 14.2. The van der Waals surface area contributed by atoms with Crippen LogP contribution in [0.3, 0.4) is 0 Å². The van der Waals surface area contributed by atoms with Gasteiger partial charge in [0.1, 0.15) is 0 Å². The first-order valence-electron chi connectivity index (χ1n) is 5.56. The first-order valence-corrected chi connectivity index (χ1v) is 5.56. The van der Waals surface area contributed by atoms with Crippen molar-refractivity contribution in [1.29, 1.82) is 0 Å². The van der Waals surface area contributed by atoms with Crippen LogP contribution in [0.2, 0.25) is 0 Å². The van der Waals surface area contributed by atoms with Crippen molar-refractivity contribution in [1.82, 2.24) is 0 Å². The predicted octanol–water partition coefficient (Wildman–Crippen LogP) is 2.26. The Balaban J connectivity index is 2.25. The second-order valence-corrected chi connectivity index (χ2v) is 4.09. The van der Waals surface area contributed by atoms with Crippen LogP contribution in [0, 0.1) is 5.82 Å². The van der Waals surface area contributed by atoms with Crippen molar-refractivity contribution in [3.63, 3.8) is 0 Å². The molecule has 2 aromatic carbocycles. The summed E-state index contributed by atoms with van der Waals surface area (Å²) in [5.41, 5.74) is 7.02. The zero-order valence-corrected chi connectivity index (χ0v) is 9.62. The molecule has 0 aliphatic carbocycles. The van der Waals surface area contributed by atoms with Gasteiger partial charge in [0.15, 0.2) is 11.6 Å². The van der Waals surface area contributed by atoms with Crippen molar-refractivity contribution in [2.45, 2.75) is 12.1 Å². The van der Waals surface area contributed by atoms with Gasteiger partial charge in [0.2, 0.25) is 0 Å². The summed E-state index contributed by atoms with van der Waals surface area (Å²) in [5, 5.41) is 19.2. The van der Waals surface area contributed by atoms with E-state index in [-0.39, 0.29) is 0 Å². The number of phenolic OH excluding ortho intramolecular Hbond substituents is 1. The molecule has 2 rings (SSSR count). The van der Waals surface area contributed by atoms with Gasteiger partial charge in [0, 0.05) is 0 Å². The summed E-state index contributed by atoms with van der Waals surface area (Å²) in [5.74, 6) is -1.22. The van der Waals surface area contributed by atoms with Crippen LogP contribution in [0.4, 0.5) is 4.39 Å². The maximum absolute atomic E-state index is 13.2. The summed E-state index contributed by atoms with van der Waals surface area (Å²) in [6, 6.07) is 12.2. The number of phenols is 1. The molecule has 2 atom stereocenters. The summed E-state index contributed by atoms with van der Waals surface area (Å²) < 4.78 is 13.2. The monoisotopic (exact) mass is 247 g/mol. The van der Waals surface area contributed by atoms with E-state index in [0.717, 1.165) is 11.6 Å². The molecule has 0 spiro atoms. The lowest BCUT2D eigenvalue weighted by Gasteiger charge is -2.19. The minimum atomic E-state index is -1.03. The molecule has 94 valence electrons. The maximum atomic E-state index is 13.2. The van der Waals surface area contributed by atoms with E-state index in [9.17, 15) is 9.50 Å². The topological polar surface area (TPSA) is 66.5 Å². The lowest BCUT2D eigenvalue weighted by Crippen LogP contribution is -2.19. The Morgan fingerprint density at radius 3 is 2.28 bits per heavy atom. The zero-order valence-electron chi connectivity index (χ0n) is 9.62. The molecule has 0 aromatic heterocycles. The summed E-state index contributed by atoms with van der Waals surface area (Å²) in [4.78, 5) is 0. The Morgan fingerprint density at radius 1 is 1.00 bits per heavy atom. The lowest BCUT2D eigenvalue weighted by atomic mass is 9.96. The first-order chi connectivity index (χ1) is 8.59. The van der Waals surface area contributed by atoms with Gasteiger partial charge in [0.25, 0.3) is 0 Å². The second-order valence-electron chi connectivity index (χ2n) is 4.09. The maximum Gasteiger partial charge on any atom is 0.165 e. The largest absolute Gasteiger partial charge is 0.505 e. The number of benzene rings is 2. The van der Waals surface area contributed by atoms with Crippen molar-refractivity contribution >= 4 is 0 Å². The Labute approximate surface area is 104 Å². The Bertz CT molecular complexity index is 531. The van der Waals surface area contributed by atoms with Crippen LogP contribution in [-0.2, 0) is 0 Å². The van der Waals surface area contributed by atoms with Crippen molar-refractivity contribution in [2.75, 3.05) is 0 Å². The summed E-state index contributed by atoms with van der Waals surface area (Å²) in [6.07, 6.45) is -1.03. The molecule has 0 fully saturated rings. The van der Waals surface area contributed by atoms with E-state index in [1.54, 1.807) is 12.1 Å². The highest BCUT2D eigenvalue weighted by molar-refractivity contribution is 5.31. The Kier molecular flexibility index (Phi) is 3.60. The predicted molar refractivity (Wildman–Crippen MR) is 66.4 cm³/mol. The quantitative estimate of drug-likeness (QED) is 0.779. The molecule has 0 aliphatic heterocycles. The summed E-state index contributed by atoms with van der Waals surface area (Å²) >= 11 is 0. The third kappa shape index (κ3) is 2.50. The molecule has 4 heteroatoms. The molecule has 0 amide bonds. The number of halogens is 1. The fourth-order valence-corrected chi connectivity index (χ4v) is 1.77. The Hall–Kier alpha value is -1.91. The third-order valence-corrected chi connectivity index (χ3v) is 2.84. The molecular formula is C14H14FNO2. The molecule has 0 saturated heterocycles. The number of aliphatic hydroxyl groups is 1. The van der Waals surface area contributed by atoms with Crippen molar-refractivity contribution in [3.05, 3.63) is 65.5 Å². The number of aliphatic hydroxyl groups excluding tert-OH is 1. The van der Waals surface area contributed by atoms with Gasteiger partial charge in [-0.05, 0) is 23.3 Å². The molecule has 0 heterocycles. The summed E-state index contributed by atoms with van der Waals surface area (Å²) in [7, 11) is 0. The number of hydrogen-bond acceptors (Lipinski definition) is 3. The van der Waals surface area contributed by atoms with Crippen LogP contribution >= 0.6 is 0 Å². The standard InChI is InChI=1S/C14H14FNO2/c15-11-8-10(6-7-12(11)17)14(18)13(16)9-4-2-1-3-5-9/h1-8,13-14,17-18H,16H2. The molecule has 0 aliphatic rings. The SMILES string of the molecule is NC(c1ccccc1)C(O)c1ccc(O)c(F)c1. The number of rotatable bonds is 3. The second kappa shape index (κ2) is 5.16. The molecule has 2 aromatic rings. The van der Waals surface area contributed by atoms with E-state index in [0.29, 0.717) is 5.56 Å². The van der Waals surface area contributed by atoms with Gasteiger partial charge in [-0.15, -0.1) is 0 Å². The van der Waals surface area contributed by atoms with Crippen molar-refractivity contribution < 1.29 is 14.6 Å². The van der Waals surface area contributed by atoms with Crippen LogP contribution < -0.4 is 5.73 Å². The highest BCUT2D eigenvalue weighted by Gasteiger charge is 2.19. The van der Waals surface area contributed by atoms with Crippen LogP contribution in [0.5, 0.6) is 5.75 Å². The minimum absolute atomic E-state index is 0.335.